The van der Waals surface area contributed by atoms with Gasteiger partial charge in [-0.15, -0.1) is 0 Å². The predicted molar refractivity (Wildman–Crippen MR) is 91.1 cm³/mol. The van der Waals surface area contributed by atoms with Gasteiger partial charge in [-0.25, -0.2) is 0 Å². The first-order valence-corrected chi connectivity index (χ1v) is 7.87. The van der Waals surface area contributed by atoms with Crippen LogP contribution in [0.1, 0.15) is 40.4 Å². The van der Waals surface area contributed by atoms with E-state index >= 15 is 0 Å². The summed E-state index contributed by atoms with van der Waals surface area (Å²) in [4.78, 5) is 12.5. The molecular weight excluding hydrogens is 288 g/mol. The number of carbonyl (C=O) groups is 1. The van der Waals surface area contributed by atoms with E-state index in [2.05, 4.69) is 6.92 Å². The highest BCUT2D eigenvalue weighted by Crippen LogP contribution is 2.35. The van der Waals surface area contributed by atoms with Gasteiger partial charge in [0.25, 0.3) is 0 Å². The number of aryl methyl sites for hydroxylation is 1. The molecule has 23 heavy (non-hydrogen) atoms. The van der Waals surface area contributed by atoms with Gasteiger partial charge in [-0.1, -0.05) is 37.6 Å². The summed E-state index contributed by atoms with van der Waals surface area (Å²) in [5.74, 6) is 0.825. The van der Waals surface area contributed by atoms with Crippen molar-refractivity contribution in [2.24, 2.45) is 0 Å². The molecule has 0 saturated carbocycles. The molecule has 3 nitrogen and oxygen atoms in total. The molecule has 0 amide bonds. The van der Waals surface area contributed by atoms with Crippen LogP contribution in [0.3, 0.4) is 0 Å². The van der Waals surface area contributed by atoms with E-state index in [1.54, 1.807) is 13.2 Å². The van der Waals surface area contributed by atoms with Crippen molar-refractivity contribution >= 4 is 11.4 Å². The smallest absolute Gasteiger partial charge is 0.190 e. The average Bonchev–Trinajstić information content (AvgIpc) is 2.57. The van der Waals surface area contributed by atoms with Gasteiger partial charge in [-0.2, -0.15) is 0 Å². The number of benzene rings is 2. The maximum Gasteiger partial charge on any atom is 0.190 e. The second kappa shape index (κ2) is 6.29. The van der Waals surface area contributed by atoms with Crippen molar-refractivity contribution in [1.82, 2.24) is 0 Å². The molecule has 3 heteroatoms. The van der Waals surface area contributed by atoms with E-state index in [1.165, 1.54) is 0 Å². The molecule has 0 aliphatic heterocycles. The molecule has 0 fully saturated rings. The van der Waals surface area contributed by atoms with Crippen LogP contribution in [0.4, 0.5) is 0 Å². The number of phenolic OH excluding ortho intramolecular Hbond substituents is 1. The Hall–Kier alpha value is -2.55. The van der Waals surface area contributed by atoms with Gasteiger partial charge in [0, 0.05) is 0 Å². The number of ketones is 1. The van der Waals surface area contributed by atoms with Crippen LogP contribution in [0.2, 0.25) is 0 Å². The molecule has 2 aromatic rings. The first kappa shape index (κ1) is 15.3. The van der Waals surface area contributed by atoms with Gasteiger partial charge in [-0.05, 0) is 53.3 Å². The SMILES string of the molecule is CCCc1ccc2c(c1O)C(=O)C=C(c1ccc(OC)cc1)C2. The fraction of sp³-hybridized carbons (Fsp3) is 0.250. The minimum absolute atomic E-state index is 0.118. The Balaban J connectivity index is 1.97. The Morgan fingerprint density at radius 2 is 1.87 bits per heavy atom. The van der Waals surface area contributed by atoms with Crippen LogP contribution in [-0.2, 0) is 12.8 Å². The molecule has 0 aromatic heterocycles. The van der Waals surface area contributed by atoms with Crippen LogP contribution in [0.25, 0.3) is 5.57 Å². The van der Waals surface area contributed by atoms with Gasteiger partial charge in [0.05, 0.1) is 12.7 Å². The summed E-state index contributed by atoms with van der Waals surface area (Å²) in [6, 6.07) is 11.6. The van der Waals surface area contributed by atoms with Crippen molar-refractivity contribution in [3.8, 4) is 11.5 Å². The minimum Gasteiger partial charge on any atom is -0.507 e. The maximum absolute atomic E-state index is 12.5. The number of carbonyl (C=O) groups excluding carboxylic acids is 1. The highest BCUT2D eigenvalue weighted by atomic mass is 16.5. The number of hydrogen-bond donors (Lipinski definition) is 1. The fourth-order valence-electron chi connectivity index (χ4n) is 3.05. The molecule has 1 aliphatic carbocycles. The van der Waals surface area contributed by atoms with Crippen LogP contribution < -0.4 is 4.74 Å². The lowest BCUT2D eigenvalue weighted by Crippen LogP contribution is -2.11. The molecule has 118 valence electrons. The Labute approximate surface area is 136 Å². The molecule has 3 rings (SSSR count). The molecule has 0 spiro atoms. The van der Waals surface area contributed by atoms with Crippen molar-refractivity contribution in [3.63, 3.8) is 0 Å². The number of methoxy groups -OCH3 is 1. The van der Waals surface area contributed by atoms with Crippen LogP contribution in [-0.4, -0.2) is 18.0 Å². The third-order valence-corrected chi connectivity index (χ3v) is 4.26. The maximum atomic E-state index is 12.5. The summed E-state index contributed by atoms with van der Waals surface area (Å²) in [5, 5.41) is 10.4. The second-order valence-corrected chi connectivity index (χ2v) is 5.80. The molecule has 2 aromatic carbocycles. The first-order chi connectivity index (χ1) is 11.1. The lowest BCUT2D eigenvalue weighted by molar-refractivity contribution is 0.104. The summed E-state index contributed by atoms with van der Waals surface area (Å²) < 4.78 is 5.17. The molecule has 0 saturated heterocycles. The van der Waals surface area contributed by atoms with Gasteiger partial charge in [0.2, 0.25) is 0 Å². The molecule has 0 bridgehead atoms. The summed E-state index contributed by atoms with van der Waals surface area (Å²) in [7, 11) is 1.63. The Kier molecular flexibility index (Phi) is 4.20. The number of rotatable bonds is 4. The lowest BCUT2D eigenvalue weighted by Gasteiger charge is -2.19. The Bertz CT molecular complexity index is 770. The fourth-order valence-corrected chi connectivity index (χ4v) is 3.05. The van der Waals surface area contributed by atoms with Gasteiger partial charge in [0.1, 0.15) is 11.5 Å². The van der Waals surface area contributed by atoms with Gasteiger partial charge in [-0.3, -0.25) is 4.79 Å². The van der Waals surface area contributed by atoms with Crippen molar-refractivity contribution in [3.05, 3.63) is 64.7 Å². The third-order valence-electron chi connectivity index (χ3n) is 4.26. The van der Waals surface area contributed by atoms with E-state index in [-0.39, 0.29) is 11.5 Å². The van der Waals surface area contributed by atoms with Gasteiger partial charge in [0.15, 0.2) is 5.78 Å². The standard InChI is InChI=1S/C20H20O3/c1-3-4-14-5-6-15-11-16(12-18(21)19(15)20(14)22)13-7-9-17(23-2)10-8-13/h5-10,12,22H,3-4,11H2,1-2H3. The van der Waals surface area contributed by atoms with Gasteiger partial charge >= 0.3 is 0 Å². The average molecular weight is 308 g/mol. The number of phenols is 1. The van der Waals surface area contributed by atoms with Crippen molar-refractivity contribution < 1.29 is 14.6 Å². The van der Waals surface area contributed by atoms with Crippen LogP contribution in [0.15, 0.2) is 42.5 Å². The van der Waals surface area contributed by atoms with E-state index in [0.717, 1.165) is 40.9 Å². The number of hydrogen-bond acceptors (Lipinski definition) is 3. The lowest BCUT2D eigenvalue weighted by atomic mass is 9.85. The Morgan fingerprint density at radius 3 is 2.52 bits per heavy atom. The van der Waals surface area contributed by atoms with E-state index in [1.807, 2.05) is 36.4 Å². The van der Waals surface area contributed by atoms with Crippen molar-refractivity contribution in [2.75, 3.05) is 7.11 Å². The summed E-state index contributed by atoms with van der Waals surface area (Å²) in [6.45, 7) is 2.06. The number of allylic oxidation sites excluding steroid dienone is 2. The molecule has 0 heterocycles. The normalized spacial score (nSPS) is 13.5. The zero-order chi connectivity index (χ0) is 16.4. The van der Waals surface area contributed by atoms with Crippen molar-refractivity contribution in [1.29, 1.82) is 0 Å². The highest BCUT2D eigenvalue weighted by Gasteiger charge is 2.23. The van der Waals surface area contributed by atoms with Gasteiger partial charge < -0.3 is 9.84 Å². The molecule has 1 N–H and O–H groups in total. The topological polar surface area (TPSA) is 46.5 Å². The molecular formula is C20H20O3. The van der Waals surface area contributed by atoms with E-state index < -0.39 is 0 Å². The largest absolute Gasteiger partial charge is 0.507 e. The molecule has 0 unspecified atom stereocenters. The summed E-state index contributed by atoms with van der Waals surface area (Å²) >= 11 is 0. The van der Waals surface area contributed by atoms with Crippen molar-refractivity contribution in [2.45, 2.75) is 26.2 Å². The van der Waals surface area contributed by atoms with E-state index in [0.29, 0.717) is 12.0 Å². The quantitative estimate of drug-likeness (QED) is 0.922. The van der Waals surface area contributed by atoms with E-state index in [4.69, 9.17) is 4.74 Å². The monoisotopic (exact) mass is 308 g/mol. The zero-order valence-corrected chi connectivity index (χ0v) is 13.4. The summed E-state index contributed by atoms with van der Waals surface area (Å²) in [6.07, 6.45) is 4.00. The highest BCUT2D eigenvalue weighted by molar-refractivity contribution is 6.13. The van der Waals surface area contributed by atoms with Crippen LogP contribution >= 0.6 is 0 Å². The third kappa shape index (κ3) is 2.87. The number of aromatic hydroxyl groups is 1. The number of fused-ring (bicyclic) bond motifs is 1. The van der Waals surface area contributed by atoms with Crippen LogP contribution in [0, 0.1) is 0 Å². The first-order valence-electron chi connectivity index (χ1n) is 7.87. The minimum atomic E-state index is -0.118. The Morgan fingerprint density at radius 1 is 1.13 bits per heavy atom. The zero-order valence-electron chi connectivity index (χ0n) is 13.4. The second-order valence-electron chi connectivity index (χ2n) is 5.80. The molecule has 0 radical (unpaired) electrons. The predicted octanol–water partition coefficient (Wildman–Crippen LogP) is 4.18. The van der Waals surface area contributed by atoms with E-state index in [9.17, 15) is 9.90 Å². The molecule has 1 aliphatic rings. The van der Waals surface area contributed by atoms with Crippen LogP contribution in [0.5, 0.6) is 11.5 Å². The number of ether oxygens (including phenoxy) is 1. The molecule has 0 atom stereocenters. The summed E-state index contributed by atoms with van der Waals surface area (Å²) in [5.41, 5.74) is 4.17.